The van der Waals surface area contributed by atoms with Crippen molar-refractivity contribution in [1.82, 2.24) is 41.8 Å². The number of aromatic amines is 1. The lowest BCUT2D eigenvalue weighted by atomic mass is 10.0. The van der Waals surface area contributed by atoms with Crippen LogP contribution in [0.15, 0.2) is 60.8 Å². The number of carbonyl (C=O) groups excluding carboxylic acids is 9. The summed E-state index contributed by atoms with van der Waals surface area (Å²) in [7, 11) is 0. The first-order chi connectivity index (χ1) is 29.5. The third-order valence-corrected chi connectivity index (χ3v) is 10.0. The Morgan fingerprint density at radius 2 is 1.32 bits per heavy atom. The molecule has 1 aliphatic rings. The highest BCUT2D eigenvalue weighted by atomic mass is 16.3. The Balaban J connectivity index is 1.48. The van der Waals surface area contributed by atoms with Gasteiger partial charge in [0.25, 0.3) is 0 Å². The van der Waals surface area contributed by atoms with Crippen LogP contribution in [0.3, 0.4) is 0 Å². The molecule has 1 aromatic heterocycles. The molecule has 22 heteroatoms. The highest BCUT2D eigenvalue weighted by molar-refractivity contribution is 5.99. The first-order valence-electron chi connectivity index (χ1n) is 19.8. The standard InChI is InChI=1S/C40H53N11O11/c1-21(46-39(61)31-12-7-13-51(31)40(62)25(41)19-52)34(56)47-27(14-22-8-3-2-4-9-22)36(58)49-29(16-32(42)54)37(59)50-30(20-53)38(60)48-28(35(57)45-18-33(43)55)15-23-17-44-26-11-6-5-10-24(23)26/h2-6,8-11,17,21,25,27-31,44,52-53H,7,12-16,18-20,41H2,1H3,(H2,42,54)(H2,43,55)(H,45,57)(H,46,61)(H,47,56)(H,48,60)(H,49,58)(H,50,59)/t21-,25-,27-,28-,29-,30-,31-/m0/s1. The highest BCUT2D eigenvalue weighted by Crippen LogP contribution is 2.20. The van der Waals surface area contributed by atoms with E-state index in [1.165, 1.54) is 11.8 Å². The third kappa shape index (κ3) is 13.3. The second-order valence-corrected chi connectivity index (χ2v) is 14.7. The fourth-order valence-corrected chi connectivity index (χ4v) is 6.77. The molecular weight excluding hydrogens is 811 g/mol. The molecule has 2 heterocycles. The van der Waals surface area contributed by atoms with E-state index < -0.39 is 122 Å². The molecule has 7 atom stereocenters. The van der Waals surface area contributed by atoms with E-state index in [2.05, 4.69) is 36.9 Å². The van der Waals surface area contributed by atoms with Crippen LogP contribution in [0.4, 0.5) is 0 Å². The summed E-state index contributed by atoms with van der Waals surface area (Å²) in [6, 6.07) is 5.89. The minimum Gasteiger partial charge on any atom is -0.394 e. The second-order valence-electron chi connectivity index (χ2n) is 14.7. The van der Waals surface area contributed by atoms with E-state index in [0.717, 1.165) is 10.9 Å². The number of likely N-dealkylation sites (tertiary alicyclic amines) is 1. The van der Waals surface area contributed by atoms with Crippen LogP contribution >= 0.6 is 0 Å². The Kier molecular flexibility index (Phi) is 17.4. The van der Waals surface area contributed by atoms with Crippen molar-refractivity contribution >= 4 is 64.1 Å². The van der Waals surface area contributed by atoms with Crippen LogP contribution in [0.2, 0.25) is 0 Å². The monoisotopic (exact) mass is 863 g/mol. The lowest BCUT2D eigenvalue weighted by Gasteiger charge is -2.28. The number of nitrogens with one attached hydrogen (secondary N) is 7. The van der Waals surface area contributed by atoms with Gasteiger partial charge in [0.15, 0.2) is 0 Å². The summed E-state index contributed by atoms with van der Waals surface area (Å²) in [6.07, 6.45) is 1.37. The number of nitrogens with zero attached hydrogens (tertiary/aromatic N) is 1. The van der Waals surface area contributed by atoms with Gasteiger partial charge in [-0.25, -0.2) is 0 Å². The fraction of sp³-hybridized carbons (Fsp3) is 0.425. The maximum atomic E-state index is 13.9. The molecule has 3 aromatic rings. The van der Waals surface area contributed by atoms with Crippen LogP contribution in [0.1, 0.15) is 37.3 Å². The number of carbonyl (C=O) groups is 9. The molecule has 0 unspecified atom stereocenters. The van der Waals surface area contributed by atoms with E-state index in [1.807, 2.05) is 0 Å². The summed E-state index contributed by atoms with van der Waals surface area (Å²) in [5, 5.41) is 34.8. The normalized spacial score (nSPS) is 16.4. The predicted octanol–water partition coefficient (Wildman–Crippen LogP) is -4.82. The number of amides is 9. The van der Waals surface area contributed by atoms with Crippen LogP contribution in [0.5, 0.6) is 0 Å². The lowest BCUT2D eigenvalue weighted by molar-refractivity contribution is -0.141. The van der Waals surface area contributed by atoms with E-state index in [1.54, 1.807) is 60.8 Å². The van der Waals surface area contributed by atoms with Crippen molar-refractivity contribution < 1.29 is 53.4 Å². The molecule has 4 rings (SSSR count). The molecule has 0 saturated carbocycles. The summed E-state index contributed by atoms with van der Waals surface area (Å²) in [4.78, 5) is 121. The number of benzene rings is 2. The minimum atomic E-state index is -1.74. The molecule has 1 saturated heterocycles. The number of fused-ring (bicyclic) bond motifs is 1. The quantitative estimate of drug-likeness (QED) is 0.0453. The van der Waals surface area contributed by atoms with Gasteiger partial charge in [-0.1, -0.05) is 48.5 Å². The Labute approximate surface area is 355 Å². The number of hydrogen-bond acceptors (Lipinski definition) is 12. The molecule has 1 fully saturated rings. The van der Waals surface area contributed by atoms with Crippen LogP contribution in [0.25, 0.3) is 10.9 Å². The highest BCUT2D eigenvalue weighted by Gasteiger charge is 2.38. The van der Waals surface area contributed by atoms with Crippen molar-refractivity contribution in [1.29, 1.82) is 0 Å². The van der Waals surface area contributed by atoms with Gasteiger partial charge < -0.3 is 69.2 Å². The van der Waals surface area contributed by atoms with Gasteiger partial charge in [0.2, 0.25) is 53.2 Å². The molecule has 15 N–H and O–H groups in total. The van der Waals surface area contributed by atoms with Gasteiger partial charge in [0.05, 0.1) is 26.2 Å². The number of aliphatic hydroxyl groups is 2. The number of H-pyrrole nitrogens is 1. The molecule has 1 aliphatic heterocycles. The van der Waals surface area contributed by atoms with Gasteiger partial charge >= 0.3 is 0 Å². The van der Waals surface area contributed by atoms with Crippen molar-refractivity contribution in [3.8, 4) is 0 Å². The number of primary amides is 2. The largest absolute Gasteiger partial charge is 0.394 e. The van der Waals surface area contributed by atoms with Gasteiger partial charge in [0.1, 0.15) is 42.3 Å². The van der Waals surface area contributed by atoms with Gasteiger partial charge in [0, 0.05) is 36.5 Å². The van der Waals surface area contributed by atoms with Crippen LogP contribution < -0.4 is 49.1 Å². The Bertz CT molecular complexity index is 2110. The SMILES string of the molecule is C[C@H](NC(=O)[C@@H]1CCCN1C(=O)[C@@H](N)CO)C(=O)N[C@@H](Cc1ccccc1)C(=O)N[C@@H](CC(N)=O)C(=O)N[C@@H](CO)C(=O)N[C@@H](Cc1c[nH]c2ccccc12)C(=O)NCC(N)=O. The summed E-state index contributed by atoms with van der Waals surface area (Å²) in [5.74, 6) is -7.97. The third-order valence-electron chi connectivity index (χ3n) is 10.0. The zero-order valence-corrected chi connectivity index (χ0v) is 33.9. The zero-order valence-electron chi connectivity index (χ0n) is 33.9. The number of aliphatic hydroxyl groups excluding tert-OH is 2. The van der Waals surface area contributed by atoms with Crippen LogP contribution in [0, 0.1) is 0 Å². The summed E-state index contributed by atoms with van der Waals surface area (Å²) < 4.78 is 0. The smallest absolute Gasteiger partial charge is 0.245 e. The number of rotatable bonds is 22. The van der Waals surface area contributed by atoms with Crippen molar-refractivity contribution in [2.75, 3.05) is 26.3 Å². The number of aromatic nitrogens is 1. The Morgan fingerprint density at radius 3 is 1.98 bits per heavy atom. The second kappa shape index (κ2) is 22.6. The molecule has 0 bridgehead atoms. The number of hydrogen-bond donors (Lipinski definition) is 12. The summed E-state index contributed by atoms with van der Waals surface area (Å²) in [5.41, 5.74) is 18.2. The topological polar surface area (TPSA) is 363 Å². The lowest BCUT2D eigenvalue weighted by Crippen LogP contribution is -2.61. The van der Waals surface area contributed by atoms with Crippen molar-refractivity contribution in [3.05, 3.63) is 71.9 Å². The molecule has 62 heavy (non-hydrogen) atoms. The van der Waals surface area contributed by atoms with Crippen molar-refractivity contribution in [2.24, 2.45) is 17.2 Å². The molecule has 334 valence electrons. The van der Waals surface area contributed by atoms with Crippen LogP contribution in [-0.2, 0) is 56.0 Å². The van der Waals surface area contributed by atoms with Crippen molar-refractivity contribution in [2.45, 2.75) is 81.3 Å². The van der Waals surface area contributed by atoms with Crippen LogP contribution in [-0.4, -0.2) is 142 Å². The zero-order chi connectivity index (χ0) is 45.5. The first-order valence-corrected chi connectivity index (χ1v) is 19.8. The molecule has 0 spiro atoms. The molecule has 2 aromatic carbocycles. The Hall–Kier alpha value is -6.91. The fourth-order valence-electron chi connectivity index (χ4n) is 6.77. The average Bonchev–Trinajstić information content (AvgIpc) is 3.91. The van der Waals surface area contributed by atoms with E-state index >= 15 is 0 Å². The van der Waals surface area contributed by atoms with E-state index in [0.29, 0.717) is 17.5 Å². The molecule has 9 amide bonds. The first kappa shape index (κ1) is 47.8. The summed E-state index contributed by atoms with van der Waals surface area (Å²) >= 11 is 0. The van der Waals surface area contributed by atoms with E-state index in [-0.39, 0.29) is 25.8 Å². The molecule has 0 aliphatic carbocycles. The minimum absolute atomic E-state index is 0.0956. The molecule has 0 radical (unpaired) electrons. The number of nitrogens with two attached hydrogens (primary N) is 3. The maximum absolute atomic E-state index is 13.9. The van der Waals surface area contributed by atoms with Gasteiger partial charge in [-0.15, -0.1) is 0 Å². The van der Waals surface area contributed by atoms with E-state index in [4.69, 9.17) is 17.2 Å². The molecule has 22 nitrogen and oxygen atoms in total. The molecular formula is C40H53N11O11. The maximum Gasteiger partial charge on any atom is 0.245 e. The van der Waals surface area contributed by atoms with E-state index in [9.17, 15) is 53.4 Å². The summed E-state index contributed by atoms with van der Waals surface area (Å²) in [6.45, 7) is -0.608. The predicted molar refractivity (Wildman–Crippen MR) is 220 cm³/mol. The number of para-hydroxylation sites is 1. The van der Waals surface area contributed by atoms with Gasteiger partial charge in [-0.2, -0.15) is 0 Å². The van der Waals surface area contributed by atoms with Gasteiger partial charge in [-0.3, -0.25) is 43.2 Å². The van der Waals surface area contributed by atoms with Crippen molar-refractivity contribution in [3.63, 3.8) is 0 Å². The Morgan fingerprint density at radius 1 is 0.726 bits per heavy atom. The average molecular weight is 864 g/mol. The van der Waals surface area contributed by atoms with Gasteiger partial charge in [-0.05, 0) is 37.0 Å².